The minimum Gasteiger partial charge on any atom is -0.492 e. The summed E-state index contributed by atoms with van der Waals surface area (Å²) in [5.74, 6) is 0.885. The Morgan fingerprint density at radius 3 is 2.75 bits per heavy atom. The van der Waals surface area contributed by atoms with Crippen LogP contribution in [0.4, 0.5) is 0 Å². The number of nitrogens with two attached hydrogens (primary N) is 1. The fourth-order valence-corrected chi connectivity index (χ4v) is 2.31. The smallest absolute Gasteiger partial charge is 0.140 e. The van der Waals surface area contributed by atoms with Gasteiger partial charge in [0.2, 0.25) is 0 Å². The van der Waals surface area contributed by atoms with Crippen molar-refractivity contribution in [2.45, 2.75) is 13.1 Å². The molecule has 0 saturated carbocycles. The molecule has 0 radical (unpaired) electrons. The molecular weight excluding hydrogens is 250 g/mol. The predicted octanol–water partition coefficient (Wildman–Crippen LogP) is 2.57. The van der Waals surface area contributed by atoms with E-state index in [1.165, 1.54) is 0 Å². The zero-order chi connectivity index (χ0) is 13.8. The van der Waals surface area contributed by atoms with Gasteiger partial charge in [-0.05, 0) is 29.8 Å². The van der Waals surface area contributed by atoms with Crippen LogP contribution in [-0.4, -0.2) is 16.2 Å². The second-order valence-corrected chi connectivity index (χ2v) is 4.59. The molecule has 0 spiro atoms. The van der Waals surface area contributed by atoms with Gasteiger partial charge in [0.15, 0.2) is 0 Å². The molecule has 4 heteroatoms. The van der Waals surface area contributed by atoms with Crippen molar-refractivity contribution in [2.24, 2.45) is 5.73 Å². The Kier molecular flexibility index (Phi) is 3.65. The number of hydrogen-bond donors (Lipinski definition) is 1. The lowest BCUT2D eigenvalue weighted by Gasteiger charge is -2.07. The Bertz CT molecular complexity index is 691. The maximum Gasteiger partial charge on any atom is 0.140 e. The van der Waals surface area contributed by atoms with Crippen molar-refractivity contribution < 1.29 is 4.74 Å². The van der Waals surface area contributed by atoms with Gasteiger partial charge in [-0.1, -0.05) is 18.2 Å². The molecule has 0 bridgehead atoms. The normalized spacial score (nSPS) is 10.8. The molecule has 3 aromatic rings. The maximum absolute atomic E-state index is 5.78. The summed E-state index contributed by atoms with van der Waals surface area (Å²) in [6.45, 7) is 1.88. The van der Waals surface area contributed by atoms with E-state index in [-0.39, 0.29) is 0 Å². The molecule has 0 unspecified atom stereocenters. The SMILES string of the molecule is NCc1cn(CCOc2ccccc2)c2ncccc12. The summed E-state index contributed by atoms with van der Waals surface area (Å²) in [7, 11) is 0. The van der Waals surface area contributed by atoms with Gasteiger partial charge in [0.1, 0.15) is 18.0 Å². The number of aromatic nitrogens is 2. The van der Waals surface area contributed by atoms with Crippen LogP contribution in [0.3, 0.4) is 0 Å². The average Bonchev–Trinajstić information content (AvgIpc) is 2.87. The Balaban J connectivity index is 1.74. The zero-order valence-electron chi connectivity index (χ0n) is 11.2. The third kappa shape index (κ3) is 2.51. The maximum atomic E-state index is 5.78. The third-order valence-electron chi connectivity index (χ3n) is 3.28. The zero-order valence-corrected chi connectivity index (χ0v) is 11.2. The van der Waals surface area contributed by atoms with Crippen LogP contribution >= 0.6 is 0 Å². The Hall–Kier alpha value is -2.33. The highest BCUT2D eigenvalue weighted by Gasteiger charge is 2.07. The second-order valence-electron chi connectivity index (χ2n) is 4.59. The van der Waals surface area contributed by atoms with E-state index in [2.05, 4.69) is 21.8 Å². The number of rotatable bonds is 5. The summed E-state index contributed by atoms with van der Waals surface area (Å²) < 4.78 is 7.82. The molecule has 1 aromatic carbocycles. The molecule has 0 saturated heterocycles. The van der Waals surface area contributed by atoms with Crippen molar-refractivity contribution in [3.8, 4) is 5.75 Å². The number of benzene rings is 1. The van der Waals surface area contributed by atoms with Crippen LogP contribution in [0.25, 0.3) is 11.0 Å². The first-order chi connectivity index (χ1) is 9.88. The number of hydrogen-bond acceptors (Lipinski definition) is 3. The van der Waals surface area contributed by atoms with Crippen molar-refractivity contribution >= 4 is 11.0 Å². The van der Waals surface area contributed by atoms with Gasteiger partial charge in [-0.15, -0.1) is 0 Å². The van der Waals surface area contributed by atoms with Crippen LogP contribution in [-0.2, 0) is 13.1 Å². The summed E-state index contributed by atoms with van der Waals surface area (Å²) >= 11 is 0. The molecule has 0 amide bonds. The topological polar surface area (TPSA) is 53.1 Å². The van der Waals surface area contributed by atoms with E-state index < -0.39 is 0 Å². The van der Waals surface area contributed by atoms with Crippen molar-refractivity contribution in [3.63, 3.8) is 0 Å². The monoisotopic (exact) mass is 267 g/mol. The number of nitrogens with zero attached hydrogens (tertiary/aromatic N) is 2. The van der Waals surface area contributed by atoms with Crippen molar-refractivity contribution in [3.05, 3.63) is 60.4 Å². The van der Waals surface area contributed by atoms with E-state index in [9.17, 15) is 0 Å². The summed E-state index contributed by atoms with van der Waals surface area (Å²) in [5, 5.41) is 1.12. The Morgan fingerprint density at radius 1 is 1.10 bits per heavy atom. The van der Waals surface area contributed by atoms with Gasteiger partial charge in [0, 0.05) is 24.3 Å². The number of pyridine rings is 1. The number of para-hydroxylation sites is 1. The minimum atomic E-state index is 0.523. The highest BCUT2D eigenvalue weighted by molar-refractivity contribution is 5.80. The fourth-order valence-electron chi connectivity index (χ4n) is 2.31. The highest BCUT2D eigenvalue weighted by atomic mass is 16.5. The molecule has 20 heavy (non-hydrogen) atoms. The van der Waals surface area contributed by atoms with Crippen LogP contribution in [0.15, 0.2) is 54.9 Å². The van der Waals surface area contributed by atoms with E-state index >= 15 is 0 Å². The van der Waals surface area contributed by atoms with Crippen LogP contribution in [0.5, 0.6) is 5.75 Å². The Morgan fingerprint density at radius 2 is 1.95 bits per heavy atom. The van der Waals surface area contributed by atoms with Gasteiger partial charge in [0.05, 0.1) is 6.54 Å². The molecule has 0 atom stereocenters. The summed E-state index contributed by atoms with van der Waals surface area (Å²) in [4.78, 5) is 4.43. The van der Waals surface area contributed by atoms with E-state index in [4.69, 9.17) is 10.5 Å². The largest absolute Gasteiger partial charge is 0.492 e. The van der Waals surface area contributed by atoms with Crippen LogP contribution in [0.2, 0.25) is 0 Å². The van der Waals surface area contributed by atoms with E-state index in [0.717, 1.165) is 28.9 Å². The minimum absolute atomic E-state index is 0.523. The van der Waals surface area contributed by atoms with Crippen LogP contribution < -0.4 is 10.5 Å². The molecule has 0 aliphatic carbocycles. The molecule has 0 aliphatic rings. The molecule has 3 rings (SSSR count). The number of ether oxygens (including phenoxy) is 1. The summed E-state index contributed by atoms with van der Waals surface area (Å²) in [6.07, 6.45) is 3.86. The fraction of sp³-hybridized carbons (Fsp3) is 0.188. The van der Waals surface area contributed by atoms with Gasteiger partial charge in [0.25, 0.3) is 0 Å². The molecule has 102 valence electrons. The predicted molar refractivity (Wildman–Crippen MR) is 79.6 cm³/mol. The first kappa shape index (κ1) is 12.7. The number of fused-ring (bicyclic) bond motifs is 1. The van der Waals surface area contributed by atoms with Gasteiger partial charge < -0.3 is 15.0 Å². The summed E-state index contributed by atoms with van der Waals surface area (Å²) in [6, 6.07) is 13.8. The van der Waals surface area contributed by atoms with Crippen molar-refractivity contribution in [2.75, 3.05) is 6.61 Å². The molecule has 2 N–H and O–H groups in total. The lowest BCUT2D eigenvalue weighted by Crippen LogP contribution is -2.07. The quantitative estimate of drug-likeness (QED) is 0.773. The van der Waals surface area contributed by atoms with Gasteiger partial charge in [-0.25, -0.2) is 4.98 Å². The second kappa shape index (κ2) is 5.75. The standard InChI is InChI=1S/C16H17N3O/c17-11-13-12-19(16-15(13)7-4-8-18-16)9-10-20-14-5-2-1-3-6-14/h1-8,12H,9-11,17H2. The van der Waals surface area contributed by atoms with Gasteiger partial charge >= 0.3 is 0 Å². The Labute approximate surface area is 117 Å². The van der Waals surface area contributed by atoms with Crippen molar-refractivity contribution in [1.29, 1.82) is 0 Å². The van der Waals surface area contributed by atoms with Gasteiger partial charge in [-0.2, -0.15) is 0 Å². The summed E-state index contributed by atoms with van der Waals surface area (Å²) in [5.41, 5.74) is 7.86. The highest BCUT2D eigenvalue weighted by Crippen LogP contribution is 2.18. The molecule has 0 aliphatic heterocycles. The lowest BCUT2D eigenvalue weighted by atomic mass is 10.2. The first-order valence-electron chi connectivity index (χ1n) is 6.69. The average molecular weight is 267 g/mol. The third-order valence-corrected chi connectivity index (χ3v) is 3.28. The lowest BCUT2D eigenvalue weighted by molar-refractivity contribution is 0.300. The first-order valence-corrected chi connectivity index (χ1v) is 6.69. The molecular formula is C16H17N3O. The van der Waals surface area contributed by atoms with E-state index in [1.54, 1.807) is 6.20 Å². The van der Waals surface area contributed by atoms with E-state index in [1.807, 2.05) is 36.4 Å². The van der Waals surface area contributed by atoms with E-state index in [0.29, 0.717) is 13.2 Å². The van der Waals surface area contributed by atoms with Crippen LogP contribution in [0.1, 0.15) is 5.56 Å². The molecule has 2 aromatic heterocycles. The van der Waals surface area contributed by atoms with Gasteiger partial charge in [-0.3, -0.25) is 0 Å². The van der Waals surface area contributed by atoms with Crippen LogP contribution in [0, 0.1) is 0 Å². The molecule has 0 fully saturated rings. The molecule has 4 nitrogen and oxygen atoms in total. The van der Waals surface area contributed by atoms with Crippen molar-refractivity contribution in [1.82, 2.24) is 9.55 Å². The molecule has 2 heterocycles.